The quantitative estimate of drug-likeness (QED) is 0.798. The number of carbonyl (C=O) groups is 1. The number of carbonyl (C=O) groups excluding carboxylic acids is 1. The second-order valence-electron chi connectivity index (χ2n) is 5.88. The summed E-state index contributed by atoms with van der Waals surface area (Å²) in [5, 5.41) is 3.53. The first-order chi connectivity index (χ1) is 9.52. The van der Waals surface area contributed by atoms with Gasteiger partial charge in [-0.1, -0.05) is 6.42 Å². The molecule has 1 aromatic rings. The fourth-order valence-corrected chi connectivity index (χ4v) is 6.06. The molecule has 20 heavy (non-hydrogen) atoms. The summed E-state index contributed by atoms with van der Waals surface area (Å²) in [6.07, 6.45) is 6.77. The van der Waals surface area contributed by atoms with Gasteiger partial charge in [0, 0.05) is 18.7 Å². The molecule has 3 rings (SSSR count). The molecule has 6 heteroatoms. The van der Waals surface area contributed by atoms with Gasteiger partial charge in [0.1, 0.15) is 0 Å². The standard InChI is InChI=1S/C14H20N2O3S/c1-2-16-9-11(8-15-16)14(17)10-6-12-4-3-5-13(7-10)20(12,18)19/h8-10,12-13H,2-7H2,1H3. The minimum atomic E-state index is -2.99. The monoisotopic (exact) mass is 296 g/mol. The average molecular weight is 296 g/mol. The Morgan fingerprint density at radius 1 is 1.35 bits per heavy atom. The highest BCUT2D eigenvalue weighted by atomic mass is 32.2. The number of aromatic nitrogens is 2. The highest BCUT2D eigenvalue weighted by Gasteiger charge is 2.46. The van der Waals surface area contributed by atoms with Crippen LogP contribution >= 0.6 is 0 Å². The third kappa shape index (κ3) is 2.20. The van der Waals surface area contributed by atoms with Gasteiger partial charge in [0.25, 0.3) is 0 Å². The smallest absolute Gasteiger partial charge is 0.169 e. The number of ketones is 1. The SMILES string of the molecule is CCn1cc(C(=O)C2CC3CCCC(C2)S3(=O)=O)cn1. The molecule has 0 spiro atoms. The summed E-state index contributed by atoms with van der Waals surface area (Å²) in [4.78, 5) is 12.5. The van der Waals surface area contributed by atoms with Crippen LogP contribution in [0.5, 0.6) is 0 Å². The molecule has 110 valence electrons. The van der Waals surface area contributed by atoms with Crippen molar-refractivity contribution in [3.63, 3.8) is 0 Å². The Bertz CT molecular complexity index is 600. The van der Waals surface area contributed by atoms with Gasteiger partial charge in [0.15, 0.2) is 15.6 Å². The van der Waals surface area contributed by atoms with E-state index in [4.69, 9.17) is 0 Å². The average Bonchev–Trinajstić information content (AvgIpc) is 2.85. The van der Waals surface area contributed by atoms with E-state index in [1.54, 1.807) is 17.1 Å². The van der Waals surface area contributed by atoms with E-state index >= 15 is 0 Å². The lowest BCUT2D eigenvalue weighted by Gasteiger charge is -2.37. The third-order valence-corrected chi connectivity index (χ3v) is 7.40. The number of fused-ring (bicyclic) bond motifs is 2. The summed E-state index contributed by atoms with van der Waals surface area (Å²) < 4.78 is 26.2. The van der Waals surface area contributed by atoms with Crippen molar-refractivity contribution in [1.29, 1.82) is 0 Å². The van der Waals surface area contributed by atoms with Gasteiger partial charge < -0.3 is 0 Å². The molecule has 0 aliphatic carbocycles. The van der Waals surface area contributed by atoms with Crippen LogP contribution in [0, 0.1) is 5.92 Å². The summed E-state index contributed by atoms with van der Waals surface area (Å²) in [5.74, 6) is -0.0835. The lowest BCUT2D eigenvalue weighted by molar-refractivity contribution is 0.0894. The predicted molar refractivity (Wildman–Crippen MR) is 75.3 cm³/mol. The van der Waals surface area contributed by atoms with Crippen LogP contribution in [0.4, 0.5) is 0 Å². The highest BCUT2D eigenvalue weighted by Crippen LogP contribution is 2.40. The minimum Gasteiger partial charge on any atom is -0.294 e. The van der Waals surface area contributed by atoms with Crippen molar-refractivity contribution in [1.82, 2.24) is 9.78 Å². The maximum Gasteiger partial charge on any atom is 0.169 e. The fraction of sp³-hybridized carbons (Fsp3) is 0.714. The first-order valence-electron chi connectivity index (χ1n) is 7.31. The Morgan fingerprint density at radius 3 is 2.55 bits per heavy atom. The molecule has 0 saturated carbocycles. The number of hydrogen-bond donors (Lipinski definition) is 0. The van der Waals surface area contributed by atoms with Gasteiger partial charge in [0.05, 0.1) is 22.3 Å². The molecule has 0 amide bonds. The predicted octanol–water partition coefficient (Wildman–Crippen LogP) is 1.83. The van der Waals surface area contributed by atoms with Gasteiger partial charge in [-0.15, -0.1) is 0 Å². The molecule has 2 bridgehead atoms. The van der Waals surface area contributed by atoms with E-state index in [1.807, 2.05) is 6.92 Å². The molecule has 5 nitrogen and oxygen atoms in total. The molecule has 0 aromatic carbocycles. The van der Waals surface area contributed by atoms with E-state index in [0.29, 0.717) is 18.4 Å². The molecule has 0 radical (unpaired) electrons. The maximum atomic E-state index is 12.5. The Hall–Kier alpha value is -1.17. The number of aryl methyl sites for hydroxylation is 1. The number of nitrogens with zero attached hydrogens (tertiary/aromatic N) is 2. The van der Waals surface area contributed by atoms with Crippen molar-refractivity contribution in [2.45, 2.75) is 56.1 Å². The van der Waals surface area contributed by atoms with Crippen molar-refractivity contribution in [3.05, 3.63) is 18.0 Å². The fourth-order valence-electron chi connectivity index (χ4n) is 3.52. The molecule has 2 aliphatic rings. The highest BCUT2D eigenvalue weighted by molar-refractivity contribution is 7.92. The zero-order valence-corrected chi connectivity index (χ0v) is 12.5. The normalized spacial score (nSPS) is 31.9. The van der Waals surface area contributed by atoms with E-state index < -0.39 is 9.84 Å². The molecular weight excluding hydrogens is 276 g/mol. The third-order valence-electron chi connectivity index (χ3n) is 4.69. The van der Waals surface area contributed by atoms with Crippen LogP contribution in [0.15, 0.2) is 12.4 Å². The Labute approximate surface area is 119 Å². The van der Waals surface area contributed by atoms with E-state index in [9.17, 15) is 13.2 Å². The van der Waals surface area contributed by atoms with E-state index in [0.717, 1.165) is 25.8 Å². The molecule has 2 fully saturated rings. The second kappa shape index (κ2) is 4.98. The van der Waals surface area contributed by atoms with Crippen LogP contribution in [0.3, 0.4) is 0 Å². The van der Waals surface area contributed by atoms with Gasteiger partial charge in [0.2, 0.25) is 0 Å². The first kappa shape index (κ1) is 13.8. The summed E-state index contributed by atoms with van der Waals surface area (Å²) in [6.45, 7) is 2.70. The van der Waals surface area contributed by atoms with Crippen molar-refractivity contribution >= 4 is 15.6 Å². The van der Waals surface area contributed by atoms with E-state index in [-0.39, 0.29) is 22.2 Å². The molecule has 0 N–H and O–H groups in total. The van der Waals surface area contributed by atoms with Gasteiger partial charge in [-0.25, -0.2) is 8.42 Å². The molecule has 2 unspecified atom stereocenters. The largest absolute Gasteiger partial charge is 0.294 e. The minimum absolute atomic E-state index is 0.0662. The van der Waals surface area contributed by atoms with Crippen LogP contribution < -0.4 is 0 Å². The van der Waals surface area contributed by atoms with Crippen LogP contribution in [-0.4, -0.2) is 34.5 Å². The summed E-state index contributed by atoms with van der Waals surface area (Å²) in [5.41, 5.74) is 0.620. The van der Waals surface area contributed by atoms with Crippen molar-refractivity contribution in [2.75, 3.05) is 0 Å². The van der Waals surface area contributed by atoms with Gasteiger partial charge in [-0.05, 0) is 32.6 Å². The topological polar surface area (TPSA) is 69.0 Å². The second-order valence-corrected chi connectivity index (χ2v) is 8.39. The molecule has 2 aliphatic heterocycles. The first-order valence-corrected chi connectivity index (χ1v) is 8.92. The number of hydrogen-bond acceptors (Lipinski definition) is 4. The van der Waals surface area contributed by atoms with E-state index in [1.165, 1.54) is 0 Å². The summed E-state index contributed by atoms with van der Waals surface area (Å²) in [6, 6.07) is 0. The van der Waals surface area contributed by atoms with Gasteiger partial charge >= 0.3 is 0 Å². The molecule has 2 saturated heterocycles. The number of rotatable bonds is 3. The number of sulfone groups is 1. The zero-order chi connectivity index (χ0) is 14.3. The zero-order valence-electron chi connectivity index (χ0n) is 11.7. The van der Waals surface area contributed by atoms with E-state index in [2.05, 4.69) is 5.10 Å². The summed E-state index contributed by atoms with van der Waals surface area (Å²) >= 11 is 0. The van der Waals surface area contributed by atoms with Gasteiger partial charge in [-0.3, -0.25) is 9.48 Å². The Morgan fingerprint density at radius 2 is 2.00 bits per heavy atom. The van der Waals surface area contributed by atoms with Crippen LogP contribution in [0.25, 0.3) is 0 Å². The van der Waals surface area contributed by atoms with Crippen LogP contribution in [0.1, 0.15) is 49.4 Å². The van der Waals surface area contributed by atoms with Crippen molar-refractivity contribution < 1.29 is 13.2 Å². The Kier molecular flexibility index (Phi) is 3.44. The lowest BCUT2D eigenvalue weighted by atomic mass is 9.85. The van der Waals surface area contributed by atoms with Crippen molar-refractivity contribution in [3.8, 4) is 0 Å². The Balaban J connectivity index is 1.80. The van der Waals surface area contributed by atoms with Gasteiger partial charge in [-0.2, -0.15) is 5.10 Å². The summed E-state index contributed by atoms with van der Waals surface area (Å²) in [7, 11) is -2.99. The molecule has 1 aromatic heterocycles. The van der Waals surface area contributed by atoms with Crippen LogP contribution in [-0.2, 0) is 16.4 Å². The van der Waals surface area contributed by atoms with Crippen LogP contribution in [0.2, 0.25) is 0 Å². The molecule has 2 atom stereocenters. The maximum absolute atomic E-state index is 12.5. The lowest BCUT2D eigenvalue weighted by Crippen LogP contribution is -2.45. The molecular formula is C14H20N2O3S. The number of Topliss-reactive ketones (excluding diaryl/α,β-unsaturated/α-hetero) is 1. The molecule has 3 heterocycles. The van der Waals surface area contributed by atoms with Crippen molar-refractivity contribution in [2.24, 2.45) is 5.92 Å².